The first kappa shape index (κ1) is 23.5. The number of benzene rings is 1. The molecule has 1 amide bonds. The van der Waals surface area contributed by atoms with E-state index in [-0.39, 0.29) is 22.8 Å². The molecule has 1 aromatic heterocycles. The summed E-state index contributed by atoms with van der Waals surface area (Å²) < 4.78 is 30.1. The summed E-state index contributed by atoms with van der Waals surface area (Å²) in [4.78, 5) is 15.5. The molecule has 2 saturated heterocycles. The second-order valence-electron chi connectivity index (χ2n) is 10.0. The van der Waals surface area contributed by atoms with Crippen LogP contribution in [0.1, 0.15) is 86.2 Å². The summed E-state index contributed by atoms with van der Waals surface area (Å²) in [6.07, 6.45) is 9.30. The van der Waals surface area contributed by atoms with E-state index in [1.54, 1.807) is 28.6 Å². The minimum Gasteiger partial charge on any atom is -0.338 e. The first-order valence-electron chi connectivity index (χ1n) is 12.8. The summed E-state index contributed by atoms with van der Waals surface area (Å²) in [6, 6.07) is 6.51. The van der Waals surface area contributed by atoms with E-state index in [9.17, 15) is 13.2 Å². The lowest BCUT2D eigenvalue weighted by Gasteiger charge is -2.33. The zero-order chi connectivity index (χ0) is 23.7. The normalized spacial score (nSPS) is 24.4. The van der Waals surface area contributed by atoms with Crippen molar-refractivity contribution in [1.29, 1.82) is 0 Å². The molecule has 4 heterocycles. The van der Waals surface area contributed by atoms with E-state index >= 15 is 0 Å². The molecule has 3 aliphatic rings. The highest BCUT2D eigenvalue weighted by Crippen LogP contribution is 2.29. The highest BCUT2D eigenvalue weighted by molar-refractivity contribution is 7.89. The van der Waals surface area contributed by atoms with Crippen LogP contribution in [-0.2, 0) is 23.0 Å². The zero-order valence-electron chi connectivity index (χ0n) is 20.0. The summed E-state index contributed by atoms with van der Waals surface area (Å²) in [7, 11) is -3.54. The average molecular weight is 486 g/mol. The van der Waals surface area contributed by atoms with Crippen LogP contribution < -0.4 is 0 Å². The van der Waals surface area contributed by atoms with Crippen molar-refractivity contribution in [3.8, 4) is 0 Å². The van der Waals surface area contributed by atoms with Crippen molar-refractivity contribution in [2.75, 3.05) is 19.6 Å². The molecule has 0 aliphatic carbocycles. The predicted octanol–water partition coefficient (Wildman–Crippen LogP) is 3.59. The lowest BCUT2D eigenvalue weighted by atomic mass is 9.96. The van der Waals surface area contributed by atoms with Gasteiger partial charge < -0.3 is 9.47 Å². The van der Waals surface area contributed by atoms with Crippen LogP contribution in [0.4, 0.5) is 0 Å². The first-order chi connectivity index (χ1) is 16.4. The fourth-order valence-corrected chi connectivity index (χ4v) is 7.40. The van der Waals surface area contributed by atoms with Gasteiger partial charge in [-0.15, -0.1) is 10.2 Å². The summed E-state index contributed by atoms with van der Waals surface area (Å²) in [6.45, 7) is 4.83. The molecule has 9 heteroatoms. The van der Waals surface area contributed by atoms with Crippen LogP contribution >= 0.6 is 0 Å². The van der Waals surface area contributed by atoms with Crippen LogP contribution in [0, 0.1) is 0 Å². The number of carbonyl (C=O) groups is 1. The molecule has 3 aliphatic heterocycles. The Hall–Kier alpha value is -2.26. The summed E-state index contributed by atoms with van der Waals surface area (Å²) in [5.41, 5.74) is 0.534. The molecule has 0 unspecified atom stereocenters. The summed E-state index contributed by atoms with van der Waals surface area (Å²) >= 11 is 0. The van der Waals surface area contributed by atoms with Crippen LogP contribution in [0.2, 0.25) is 0 Å². The average Bonchev–Trinajstić information content (AvgIpc) is 3.12. The molecule has 0 bridgehead atoms. The molecule has 0 N–H and O–H groups in total. The van der Waals surface area contributed by atoms with Crippen molar-refractivity contribution in [1.82, 2.24) is 24.0 Å². The Morgan fingerprint density at radius 3 is 2.50 bits per heavy atom. The molecule has 5 rings (SSSR count). The number of rotatable bonds is 4. The SMILES string of the molecule is C[C@@H]1CCCCN1S(=O)(=O)c1ccc(C(=O)N2CCC[C@H](c3nnc4n3CCCCC4)C2)cc1. The number of fused-ring (bicyclic) bond motifs is 1. The molecule has 0 spiro atoms. The zero-order valence-corrected chi connectivity index (χ0v) is 20.8. The molecule has 2 aromatic rings. The van der Waals surface area contributed by atoms with Gasteiger partial charge in [-0.3, -0.25) is 4.79 Å². The molecule has 8 nitrogen and oxygen atoms in total. The second-order valence-corrected chi connectivity index (χ2v) is 11.9. The van der Waals surface area contributed by atoms with Crippen molar-refractivity contribution in [2.45, 2.75) is 88.1 Å². The highest BCUT2D eigenvalue weighted by atomic mass is 32.2. The Kier molecular flexibility index (Phi) is 6.75. The maximum atomic E-state index is 13.3. The molecule has 0 saturated carbocycles. The smallest absolute Gasteiger partial charge is 0.253 e. The Labute approximate surface area is 202 Å². The van der Waals surface area contributed by atoms with Crippen molar-refractivity contribution in [3.05, 3.63) is 41.5 Å². The lowest BCUT2D eigenvalue weighted by Crippen LogP contribution is -2.42. The van der Waals surface area contributed by atoms with Gasteiger partial charge in [-0.1, -0.05) is 12.8 Å². The van der Waals surface area contributed by atoms with Crippen LogP contribution in [-0.4, -0.2) is 64.0 Å². The van der Waals surface area contributed by atoms with Gasteiger partial charge in [-0.2, -0.15) is 4.31 Å². The van der Waals surface area contributed by atoms with Crippen LogP contribution in [0.3, 0.4) is 0 Å². The molecule has 184 valence electrons. The lowest BCUT2D eigenvalue weighted by molar-refractivity contribution is 0.0703. The third-order valence-corrected chi connectivity index (χ3v) is 9.69. The van der Waals surface area contributed by atoms with Gasteiger partial charge in [0.05, 0.1) is 4.90 Å². The quantitative estimate of drug-likeness (QED) is 0.660. The standard InChI is InChI=1S/C25H35N5O3S/c1-19-8-4-6-17-30(19)34(32,33)22-13-11-20(12-14-22)25(31)28-15-7-9-21(18-28)24-27-26-23-10-3-2-5-16-29(23)24/h11-14,19,21H,2-10,15-18H2,1H3/t19-,21+/m1/s1. The minimum atomic E-state index is -3.54. The van der Waals surface area contributed by atoms with Gasteiger partial charge in [-0.25, -0.2) is 8.42 Å². The van der Waals surface area contributed by atoms with Gasteiger partial charge >= 0.3 is 0 Å². The van der Waals surface area contributed by atoms with E-state index < -0.39 is 10.0 Å². The van der Waals surface area contributed by atoms with Crippen LogP contribution in [0.25, 0.3) is 0 Å². The molecule has 2 atom stereocenters. The first-order valence-corrected chi connectivity index (χ1v) is 14.2. The van der Waals surface area contributed by atoms with Gasteiger partial charge in [0.25, 0.3) is 5.91 Å². The topological polar surface area (TPSA) is 88.4 Å². The number of carbonyl (C=O) groups excluding carboxylic acids is 1. The van der Waals surface area contributed by atoms with Gasteiger partial charge in [0.2, 0.25) is 10.0 Å². The van der Waals surface area contributed by atoms with Crippen LogP contribution in [0.5, 0.6) is 0 Å². The number of likely N-dealkylation sites (tertiary alicyclic amines) is 1. The van der Waals surface area contributed by atoms with Crippen molar-refractivity contribution >= 4 is 15.9 Å². The van der Waals surface area contributed by atoms with Crippen LogP contribution in [0.15, 0.2) is 29.2 Å². The summed E-state index contributed by atoms with van der Waals surface area (Å²) in [5.74, 6) is 2.25. The van der Waals surface area contributed by atoms with Crippen molar-refractivity contribution < 1.29 is 13.2 Å². The van der Waals surface area contributed by atoms with Gasteiger partial charge in [0, 0.05) is 50.1 Å². The third-order valence-electron chi connectivity index (χ3n) is 7.66. The molecular weight excluding hydrogens is 450 g/mol. The van der Waals surface area contributed by atoms with E-state index in [1.807, 2.05) is 11.8 Å². The molecule has 1 aromatic carbocycles. The molecule has 34 heavy (non-hydrogen) atoms. The van der Waals surface area contributed by atoms with Crippen molar-refractivity contribution in [2.24, 2.45) is 0 Å². The number of hydrogen-bond donors (Lipinski definition) is 0. The Balaban J connectivity index is 1.30. The monoisotopic (exact) mass is 485 g/mol. The number of hydrogen-bond acceptors (Lipinski definition) is 5. The number of amides is 1. The minimum absolute atomic E-state index is 0.0116. The molecule has 2 fully saturated rings. The van der Waals surface area contributed by atoms with E-state index in [0.717, 1.165) is 69.6 Å². The summed E-state index contributed by atoms with van der Waals surface area (Å²) in [5, 5.41) is 8.97. The van der Waals surface area contributed by atoms with Gasteiger partial charge in [0.1, 0.15) is 11.6 Å². The third kappa shape index (κ3) is 4.52. The number of piperidine rings is 2. The molecular formula is C25H35N5O3S. The Morgan fingerprint density at radius 2 is 1.71 bits per heavy atom. The number of aryl methyl sites for hydroxylation is 1. The fourth-order valence-electron chi connectivity index (χ4n) is 5.70. The van der Waals surface area contributed by atoms with E-state index in [4.69, 9.17) is 0 Å². The maximum absolute atomic E-state index is 13.3. The largest absolute Gasteiger partial charge is 0.338 e. The fraction of sp³-hybridized carbons (Fsp3) is 0.640. The van der Waals surface area contributed by atoms with Gasteiger partial charge in [-0.05, 0) is 69.7 Å². The maximum Gasteiger partial charge on any atom is 0.253 e. The van der Waals surface area contributed by atoms with E-state index in [1.165, 1.54) is 6.42 Å². The van der Waals surface area contributed by atoms with E-state index in [2.05, 4.69) is 14.8 Å². The Bertz CT molecular complexity index is 1130. The highest BCUT2D eigenvalue weighted by Gasteiger charge is 2.32. The molecule has 0 radical (unpaired) electrons. The number of nitrogens with zero attached hydrogens (tertiary/aromatic N) is 5. The number of sulfonamides is 1. The van der Waals surface area contributed by atoms with Crippen molar-refractivity contribution in [3.63, 3.8) is 0 Å². The number of aromatic nitrogens is 3. The van der Waals surface area contributed by atoms with Gasteiger partial charge in [0.15, 0.2) is 0 Å². The predicted molar refractivity (Wildman–Crippen MR) is 129 cm³/mol. The second kappa shape index (κ2) is 9.77. The Morgan fingerprint density at radius 1 is 0.912 bits per heavy atom. The van der Waals surface area contributed by atoms with E-state index in [0.29, 0.717) is 25.2 Å².